The van der Waals surface area contributed by atoms with E-state index < -0.39 is 11.4 Å². The molecule has 1 atom stereocenters. The summed E-state index contributed by atoms with van der Waals surface area (Å²) in [6.45, 7) is 3.32. The molecular formula is C16H23N3O2. The summed E-state index contributed by atoms with van der Waals surface area (Å²) in [6, 6.07) is 0. The molecule has 1 N–H and O–H groups in total. The molecule has 0 aromatic carbocycles. The lowest BCUT2D eigenvalue weighted by Crippen LogP contribution is -2.34. The molecule has 1 saturated heterocycles. The molecule has 0 bridgehead atoms. The summed E-state index contributed by atoms with van der Waals surface area (Å²) in [7, 11) is 0. The number of carbonyl (C=O) groups is 1. The first-order valence-corrected chi connectivity index (χ1v) is 7.97. The third kappa shape index (κ3) is 2.49. The number of aliphatic carboxylic acids is 1. The Labute approximate surface area is 125 Å². The highest BCUT2D eigenvalue weighted by Gasteiger charge is 2.44. The normalized spacial score (nSPS) is 25.5. The zero-order valence-electron chi connectivity index (χ0n) is 12.6. The number of rotatable bonds is 3. The van der Waals surface area contributed by atoms with Crippen LogP contribution in [0.1, 0.15) is 50.3 Å². The van der Waals surface area contributed by atoms with Gasteiger partial charge in [0.1, 0.15) is 12.1 Å². The predicted molar refractivity (Wildman–Crippen MR) is 80.5 cm³/mol. The van der Waals surface area contributed by atoms with Crippen molar-refractivity contribution in [3.8, 4) is 0 Å². The maximum Gasteiger partial charge on any atom is 0.311 e. The standard InChI is InChI=1S/C16H23N3O2/c1-2-16(15(20)21)8-9-19(10-16)14-12-6-4-3-5-7-13(12)17-11-18-14/h11H,2-10H2,1H3,(H,20,21). The van der Waals surface area contributed by atoms with Crippen LogP contribution in [0.4, 0.5) is 5.82 Å². The molecule has 1 fully saturated rings. The van der Waals surface area contributed by atoms with Crippen molar-refractivity contribution in [3.05, 3.63) is 17.6 Å². The van der Waals surface area contributed by atoms with Crippen molar-refractivity contribution in [2.75, 3.05) is 18.0 Å². The zero-order chi connectivity index (χ0) is 14.9. The number of hydrogen-bond acceptors (Lipinski definition) is 4. The van der Waals surface area contributed by atoms with Gasteiger partial charge in [-0.2, -0.15) is 0 Å². The summed E-state index contributed by atoms with van der Waals surface area (Å²) in [4.78, 5) is 22.7. The van der Waals surface area contributed by atoms with Crippen LogP contribution in [0, 0.1) is 5.41 Å². The molecule has 1 aliphatic carbocycles. The van der Waals surface area contributed by atoms with E-state index in [0.717, 1.165) is 25.2 Å². The van der Waals surface area contributed by atoms with Crippen LogP contribution in [0.5, 0.6) is 0 Å². The number of carboxylic acids is 1. The molecule has 1 aromatic rings. The van der Waals surface area contributed by atoms with Crippen molar-refractivity contribution >= 4 is 11.8 Å². The summed E-state index contributed by atoms with van der Waals surface area (Å²) in [5.41, 5.74) is 1.82. The number of aromatic nitrogens is 2. The molecule has 1 unspecified atom stereocenters. The third-order valence-electron chi connectivity index (χ3n) is 5.14. The molecule has 21 heavy (non-hydrogen) atoms. The van der Waals surface area contributed by atoms with E-state index in [4.69, 9.17) is 0 Å². The second kappa shape index (κ2) is 5.62. The number of anilines is 1. The van der Waals surface area contributed by atoms with Gasteiger partial charge in [-0.3, -0.25) is 4.79 Å². The number of hydrogen-bond donors (Lipinski definition) is 1. The van der Waals surface area contributed by atoms with E-state index >= 15 is 0 Å². The van der Waals surface area contributed by atoms with Crippen molar-refractivity contribution in [3.63, 3.8) is 0 Å². The average molecular weight is 289 g/mol. The van der Waals surface area contributed by atoms with Crippen LogP contribution in [-0.4, -0.2) is 34.1 Å². The van der Waals surface area contributed by atoms with Gasteiger partial charge in [0.25, 0.3) is 0 Å². The minimum atomic E-state index is -0.673. The number of aryl methyl sites for hydroxylation is 1. The monoisotopic (exact) mass is 289 g/mol. The van der Waals surface area contributed by atoms with E-state index in [9.17, 15) is 9.90 Å². The Hall–Kier alpha value is -1.65. The fourth-order valence-corrected chi connectivity index (χ4v) is 3.62. The second-order valence-corrected chi connectivity index (χ2v) is 6.29. The van der Waals surface area contributed by atoms with Crippen LogP contribution in [0.15, 0.2) is 6.33 Å². The molecule has 114 valence electrons. The van der Waals surface area contributed by atoms with E-state index in [-0.39, 0.29) is 0 Å². The highest BCUT2D eigenvalue weighted by Crippen LogP contribution is 2.38. The van der Waals surface area contributed by atoms with E-state index in [0.29, 0.717) is 19.4 Å². The van der Waals surface area contributed by atoms with Gasteiger partial charge < -0.3 is 10.0 Å². The van der Waals surface area contributed by atoms with E-state index in [1.807, 2.05) is 6.92 Å². The molecule has 0 radical (unpaired) electrons. The van der Waals surface area contributed by atoms with Crippen LogP contribution in [0.25, 0.3) is 0 Å². The van der Waals surface area contributed by atoms with Gasteiger partial charge in [0.2, 0.25) is 0 Å². The Morgan fingerprint density at radius 1 is 1.33 bits per heavy atom. The van der Waals surface area contributed by atoms with Gasteiger partial charge in [0.15, 0.2) is 0 Å². The zero-order valence-corrected chi connectivity index (χ0v) is 12.6. The quantitative estimate of drug-likeness (QED) is 0.866. The molecule has 1 aromatic heterocycles. The molecule has 2 aliphatic rings. The largest absolute Gasteiger partial charge is 0.481 e. The van der Waals surface area contributed by atoms with Gasteiger partial charge in [-0.25, -0.2) is 9.97 Å². The molecule has 1 aliphatic heterocycles. The van der Waals surface area contributed by atoms with Gasteiger partial charge >= 0.3 is 5.97 Å². The van der Waals surface area contributed by atoms with Crippen LogP contribution < -0.4 is 4.90 Å². The van der Waals surface area contributed by atoms with Crippen molar-refractivity contribution < 1.29 is 9.90 Å². The predicted octanol–water partition coefficient (Wildman–Crippen LogP) is 2.44. The SMILES string of the molecule is CCC1(C(=O)O)CCN(c2ncnc3c2CCCCC3)C1. The molecular weight excluding hydrogens is 266 g/mol. The lowest BCUT2D eigenvalue weighted by molar-refractivity contribution is -0.147. The highest BCUT2D eigenvalue weighted by atomic mass is 16.4. The van der Waals surface area contributed by atoms with Crippen molar-refractivity contribution in [1.29, 1.82) is 0 Å². The van der Waals surface area contributed by atoms with Crippen LogP contribution in [0.3, 0.4) is 0 Å². The van der Waals surface area contributed by atoms with Crippen molar-refractivity contribution in [2.45, 2.75) is 51.9 Å². The fourth-order valence-electron chi connectivity index (χ4n) is 3.62. The highest BCUT2D eigenvalue weighted by molar-refractivity contribution is 5.76. The first kappa shape index (κ1) is 14.3. The molecule has 5 heteroatoms. The molecule has 0 amide bonds. The summed E-state index contributed by atoms with van der Waals surface area (Å²) in [5, 5.41) is 9.55. The van der Waals surface area contributed by atoms with E-state index in [1.54, 1.807) is 6.33 Å². The lowest BCUT2D eigenvalue weighted by Gasteiger charge is -2.25. The minimum Gasteiger partial charge on any atom is -0.481 e. The molecule has 5 nitrogen and oxygen atoms in total. The van der Waals surface area contributed by atoms with Gasteiger partial charge in [0, 0.05) is 24.3 Å². The first-order valence-electron chi connectivity index (χ1n) is 7.97. The summed E-state index contributed by atoms with van der Waals surface area (Å²) >= 11 is 0. The van der Waals surface area contributed by atoms with Crippen LogP contribution in [0.2, 0.25) is 0 Å². The van der Waals surface area contributed by atoms with Gasteiger partial charge in [-0.15, -0.1) is 0 Å². The summed E-state index contributed by atoms with van der Waals surface area (Å²) in [5.74, 6) is 0.311. The summed E-state index contributed by atoms with van der Waals surface area (Å²) < 4.78 is 0. The first-order chi connectivity index (χ1) is 10.2. The maximum absolute atomic E-state index is 11.6. The Balaban J connectivity index is 1.90. The Bertz CT molecular complexity index is 546. The average Bonchev–Trinajstić information content (AvgIpc) is 2.79. The van der Waals surface area contributed by atoms with E-state index in [1.165, 1.54) is 30.5 Å². The van der Waals surface area contributed by atoms with Gasteiger partial charge in [-0.1, -0.05) is 13.3 Å². The summed E-state index contributed by atoms with van der Waals surface area (Å²) in [6.07, 6.45) is 8.68. The Morgan fingerprint density at radius 2 is 2.14 bits per heavy atom. The van der Waals surface area contributed by atoms with Crippen LogP contribution >= 0.6 is 0 Å². The van der Waals surface area contributed by atoms with Crippen LogP contribution in [-0.2, 0) is 17.6 Å². The molecule has 3 rings (SSSR count). The number of fused-ring (bicyclic) bond motifs is 1. The smallest absolute Gasteiger partial charge is 0.311 e. The number of carboxylic acid groups (broad SMARTS) is 1. The Kier molecular flexibility index (Phi) is 3.83. The van der Waals surface area contributed by atoms with Crippen molar-refractivity contribution in [2.24, 2.45) is 5.41 Å². The van der Waals surface area contributed by atoms with Gasteiger partial charge in [-0.05, 0) is 38.5 Å². The maximum atomic E-state index is 11.6. The Morgan fingerprint density at radius 3 is 2.86 bits per heavy atom. The lowest BCUT2D eigenvalue weighted by atomic mass is 9.84. The van der Waals surface area contributed by atoms with Crippen molar-refractivity contribution in [1.82, 2.24) is 9.97 Å². The van der Waals surface area contributed by atoms with E-state index in [2.05, 4.69) is 14.9 Å². The number of nitrogens with zero attached hydrogens (tertiary/aromatic N) is 3. The fraction of sp³-hybridized carbons (Fsp3) is 0.688. The molecule has 0 saturated carbocycles. The molecule has 2 heterocycles. The second-order valence-electron chi connectivity index (χ2n) is 6.29. The topological polar surface area (TPSA) is 66.3 Å². The minimum absolute atomic E-state index is 0.572. The third-order valence-corrected chi connectivity index (χ3v) is 5.14. The molecule has 0 spiro atoms. The van der Waals surface area contributed by atoms with Gasteiger partial charge in [0.05, 0.1) is 5.41 Å².